The summed E-state index contributed by atoms with van der Waals surface area (Å²) in [5, 5.41) is 10.6. The average molecular weight is 478 g/mol. The van der Waals surface area contributed by atoms with E-state index >= 15 is 0 Å². The van der Waals surface area contributed by atoms with Gasteiger partial charge in [0.15, 0.2) is 5.78 Å². The van der Waals surface area contributed by atoms with Crippen molar-refractivity contribution in [3.63, 3.8) is 0 Å². The van der Waals surface area contributed by atoms with Gasteiger partial charge in [-0.1, -0.05) is 30.3 Å². The lowest BCUT2D eigenvalue weighted by Gasteiger charge is -2.12. The summed E-state index contributed by atoms with van der Waals surface area (Å²) in [6.07, 6.45) is -4.59. The third-order valence-electron chi connectivity index (χ3n) is 3.71. The fourth-order valence-electron chi connectivity index (χ4n) is 2.36. The van der Waals surface area contributed by atoms with E-state index in [0.29, 0.717) is 11.8 Å². The Labute approximate surface area is 183 Å². The number of ether oxygens (including phenoxy) is 2. The molecule has 0 unspecified atom stereocenters. The second-order valence-corrected chi connectivity index (χ2v) is 7.63. The zero-order chi connectivity index (χ0) is 23.2. The molecule has 0 aliphatic rings. The van der Waals surface area contributed by atoms with E-state index in [1.165, 1.54) is 6.07 Å². The highest BCUT2D eigenvalue weighted by Gasteiger charge is 2.31. The van der Waals surface area contributed by atoms with Crippen molar-refractivity contribution in [2.45, 2.75) is 13.1 Å². The summed E-state index contributed by atoms with van der Waals surface area (Å²) in [6.45, 7) is 0.849. The van der Waals surface area contributed by atoms with E-state index in [-0.39, 0.29) is 33.8 Å². The van der Waals surface area contributed by atoms with Crippen molar-refractivity contribution >= 4 is 39.9 Å². The van der Waals surface area contributed by atoms with Gasteiger partial charge in [-0.2, -0.15) is 13.2 Å². The number of hydrogen-bond acceptors (Lipinski definition) is 7. The molecule has 31 heavy (non-hydrogen) atoms. The van der Waals surface area contributed by atoms with Crippen molar-refractivity contribution < 1.29 is 37.2 Å². The second-order valence-electron chi connectivity index (χ2n) is 5.90. The number of halogens is 4. The number of benzene rings is 2. The Morgan fingerprint density at radius 2 is 1.87 bits per heavy atom. The van der Waals surface area contributed by atoms with Crippen LogP contribution in [0.3, 0.4) is 0 Å². The number of carbonyl (C=O) groups excluding carboxylic acids is 2. The van der Waals surface area contributed by atoms with Crippen molar-refractivity contribution in [1.29, 1.82) is 0 Å². The summed E-state index contributed by atoms with van der Waals surface area (Å²) in [4.78, 5) is 34.3. The van der Waals surface area contributed by atoms with Crippen molar-refractivity contribution in [3.05, 3.63) is 62.7 Å². The Hall–Kier alpha value is -2.63. The van der Waals surface area contributed by atoms with Gasteiger partial charge in [-0.05, 0) is 36.1 Å². The molecule has 2 aromatic carbocycles. The number of carbonyl (C=O) groups is 2. The molecule has 0 amide bonds. The molecule has 7 nitrogen and oxygen atoms in total. The van der Waals surface area contributed by atoms with Crippen LogP contribution in [-0.2, 0) is 15.7 Å². The Morgan fingerprint density at radius 3 is 2.45 bits per heavy atom. The Morgan fingerprint density at radius 1 is 1.16 bits per heavy atom. The standard InChI is InChI=1S/C19H15ClF3NO6S/c1-2-31-18(26)10-29-9-16(25)13-8-12(4-5-15(13)24(27)28)30-17-6-3-11(7-14(17)20)19(21,22)23/h3-8H,2,9-10H2,1H3. The van der Waals surface area contributed by atoms with E-state index in [0.717, 1.165) is 36.0 Å². The van der Waals surface area contributed by atoms with Gasteiger partial charge in [0.1, 0.15) is 30.3 Å². The summed E-state index contributed by atoms with van der Waals surface area (Å²) >= 11 is 6.85. The molecular weight excluding hydrogens is 463 g/mol. The lowest BCUT2D eigenvalue weighted by atomic mass is 10.1. The largest absolute Gasteiger partial charge is 0.456 e. The summed E-state index contributed by atoms with van der Waals surface area (Å²) in [6, 6.07) is 5.67. The molecule has 0 aromatic heterocycles. The Bertz CT molecular complexity index is 999. The second kappa shape index (κ2) is 10.6. The van der Waals surface area contributed by atoms with Crippen molar-refractivity contribution in [3.8, 4) is 11.5 Å². The molecule has 166 valence electrons. The first-order chi connectivity index (χ1) is 14.5. The molecule has 0 spiro atoms. The van der Waals surface area contributed by atoms with Gasteiger partial charge in [-0.15, -0.1) is 0 Å². The van der Waals surface area contributed by atoms with Gasteiger partial charge in [0, 0.05) is 6.07 Å². The molecule has 12 heteroatoms. The summed E-state index contributed by atoms with van der Waals surface area (Å²) in [5.41, 5.74) is -1.84. The van der Waals surface area contributed by atoms with Crippen molar-refractivity contribution in [2.24, 2.45) is 0 Å². The SMILES string of the molecule is CCSC(=O)COCC(=O)c1cc(Oc2ccc(C(F)(F)F)cc2Cl)ccc1[N+](=O)[O-]. The number of rotatable bonds is 9. The van der Waals surface area contributed by atoms with Crippen LogP contribution < -0.4 is 4.74 Å². The highest BCUT2D eigenvalue weighted by molar-refractivity contribution is 8.13. The number of nitro groups is 1. The van der Waals surface area contributed by atoms with E-state index in [4.69, 9.17) is 21.1 Å². The lowest BCUT2D eigenvalue weighted by molar-refractivity contribution is -0.385. The van der Waals surface area contributed by atoms with Gasteiger partial charge in [-0.3, -0.25) is 19.7 Å². The Balaban J connectivity index is 2.22. The first kappa shape index (κ1) is 24.6. The number of thioether (sulfide) groups is 1. The number of Topliss-reactive ketones (excluding diaryl/α,β-unsaturated/α-hetero) is 1. The van der Waals surface area contributed by atoms with Gasteiger partial charge in [-0.25, -0.2) is 0 Å². The molecule has 2 rings (SSSR count). The minimum absolute atomic E-state index is 0.0618. The van der Waals surface area contributed by atoms with Crippen LogP contribution in [0.25, 0.3) is 0 Å². The fourth-order valence-corrected chi connectivity index (χ4v) is 3.06. The van der Waals surface area contributed by atoms with E-state index in [1.807, 2.05) is 0 Å². The zero-order valence-electron chi connectivity index (χ0n) is 15.9. The molecule has 0 aliphatic carbocycles. The van der Waals surface area contributed by atoms with E-state index in [1.54, 1.807) is 6.92 Å². The molecule has 0 bridgehead atoms. The van der Waals surface area contributed by atoms with Gasteiger partial charge >= 0.3 is 6.18 Å². The van der Waals surface area contributed by atoms with Crippen LogP contribution in [0.5, 0.6) is 11.5 Å². The van der Waals surface area contributed by atoms with Gasteiger partial charge in [0.2, 0.25) is 5.12 Å². The van der Waals surface area contributed by atoms with Crippen LogP contribution in [0.2, 0.25) is 5.02 Å². The van der Waals surface area contributed by atoms with Crippen LogP contribution in [-0.4, -0.2) is 34.8 Å². The van der Waals surface area contributed by atoms with Crippen molar-refractivity contribution in [2.75, 3.05) is 19.0 Å². The highest BCUT2D eigenvalue weighted by Crippen LogP contribution is 2.37. The molecule has 0 saturated heterocycles. The maximum atomic E-state index is 12.7. The first-order valence-corrected chi connectivity index (χ1v) is 9.99. The monoisotopic (exact) mass is 477 g/mol. The van der Waals surface area contributed by atoms with Gasteiger partial charge in [0.25, 0.3) is 5.69 Å². The average Bonchev–Trinajstić information content (AvgIpc) is 2.68. The maximum Gasteiger partial charge on any atom is 0.416 e. The Kier molecular flexibility index (Phi) is 8.43. The maximum absolute atomic E-state index is 12.7. The summed E-state index contributed by atoms with van der Waals surface area (Å²) in [5.74, 6) is -0.438. The summed E-state index contributed by atoms with van der Waals surface area (Å²) < 4.78 is 48.7. The quantitative estimate of drug-likeness (QED) is 0.266. The number of ketones is 1. The molecule has 0 radical (unpaired) electrons. The van der Waals surface area contributed by atoms with Crippen LogP contribution in [0.15, 0.2) is 36.4 Å². The minimum atomic E-state index is -4.59. The van der Waals surface area contributed by atoms with Gasteiger partial charge < -0.3 is 9.47 Å². The predicted molar refractivity (Wildman–Crippen MR) is 108 cm³/mol. The molecule has 2 aromatic rings. The lowest BCUT2D eigenvalue weighted by Crippen LogP contribution is -2.15. The smallest absolute Gasteiger partial charge is 0.416 e. The number of nitrogens with zero attached hydrogens (tertiary/aromatic N) is 1. The normalized spacial score (nSPS) is 11.3. The molecule has 0 atom stereocenters. The van der Waals surface area contributed by atoms with Crippen LogP contribution >= 0.6 is 23.4 Å². The topological polar surface area (TPSA) is 95.7 Å². The molecule has 0 N–H and O–H groups in total. The van der Waals surface area contributed by atoms with Crippen LogP contribution in [0.1, 0.15) is 22.8 Å². The third kappa shape index (κ3) is 6.94. The molecule has 0 aliphatic heterocycles. The fraction of sp³-hybridized carbons (Fsp3) is 0.263. The van der Waals surface area contributed by atoms with Crippen molar-refractivity contribution in [1.82, 2.24) is 0 Å². The van der Waals surface area contributed by atoms with Crippen LogP contribution in [0, 0.1) is 10.1 Å². The zero-order valence-corrected chi connectivity index (χ0v) is 17.5. The first-order valence-electron chi connectivity index (χ1n) is 8.62. The molecule has 0 fully saturated rings. The minimum Gasteiger partial charge on any atom is -0.456 e. The van der Waals surface area contributed by atoms with E-state index in [9.17, 15) is 32.9 Å². The predicted octanol–water partition coefficient (Wildman–Crippen LogP) is 5.54. The summed E-state index contributed by atoms with van der Waals surface area (Å²) in [7, 11) is 0. The molecular formula is C19H15ClF3NO6S. The van der Waals surface area contributed by atoms with Gasteiger partial charge in [0.05, 0.1) is 15.5 Å². The molecule has 0 heterocycles. The number of nitro benzene ring substituents is 1. The number of alkyl halides is 3. The highest BCUT2D eigenvalue weighted by atomic mass is 35.5. The number of hydrogen-bond donors (Lipinski definition) is 0. The van der Waals surface area contributed by atoms with Crippen LogP contribution in [0.4, 0.5) is 18.9 Å². The molecule has 0 saturated carbocycles. The van der Waals surface area contributed by atoms with E-state index in [2.05, 4.69) is 0 Å². The third-order valence-corrected chi connectivity index (χ3v) is 4.73. The van der Waals surface area contributed by atoms with E-state index < -0.39 is 34.7 Å².